The Morgan fingerprint density at radius 2 is 2.09 bits per heavy atom. The molecule has 2 amide bonds. The number of nitrogens with one attached hydrogen (secondary N) is 2. The van der Waals surface area contributed by atoms with Crippen molar-refractivity contribution in [1.82, 2.24) is 5.32 Å². The molecule has 2 aromatic rings. The lowest BCUT2D eigenvalue weighted by Crippen LogP contribution is -2.25. The van der Waals surface area contributed by atoms with Gasteiger partial charge in [-0.1, -0.05) is 15.9 Å². The zero-order valence-electron chi connectivity index (χ0n) is 12.2. The second-order valence-electron chi connectivity index (χ2n) is 4.88. The standard InChI is InChI=1S/C16H17BrN2O2S/c1-11-9-13(4-5-14(11)17)19-15(20)3-2-7-18-16(21)12-6-8-22-10-12/h4-6,8-10H,2-3,7H2,1H3,(H,18,21)(H,19,20). The third-order valence-corrected chi connectivity index (χ3v) is 4.66. The summed E-state index contributed by atoms with van der Waals surface area (Å²) in [6.07, 6.45) is 0.982. The molecule has 6 heteroatoms. The maximum absolute atomic E-state index is 11.8. The van der Waals surface area contributed by atoms with Crippen molar-refractivity contribution in [1.29, 1.82) is 0 Å². The molecule has 0 spiro atoms. The highest BCUT2D eigenvalue weighted by Gasteiger charge is 2.06. The molecule has 1 heterocycles. The molecule has 0 fully saturated rings. The number of anilines is 1. The average Bonchev–Trinajstić information content (AvgIpc) is 3.01. The molecule has 116 valence electrons. The van der Waals surface area contributed by atoms with Crippen molar-refractivity contribution in [3.63, 3.8) is 0 Å². The first-order chi connectivity index (χ1) is 10.6. The highest BCUT2D eigenvalue weighted by molar-refractivity contribution is 9.10. The van der Waals surface area contributed by atoms with Gasteiger partial charge in [-0.05, 0) is 48.6 Å². The number of carbonyl (C=O) groups excluding carboxylic acids is 2. The van der Waals surface area contributed by atoms with E-state index in [1.165, 1.54) is 11.3 Å². The fourth-order valence-corrected chi connectivity index (χ4v) is 2.78. The summed E-state index contributed by atoms with van der Waals surface area (Å²) in [5.74, 6) is -0.142. The molecular weight excluding hydrogens is 364 g/mol. The predicted octanol–water partition coefficient (Wildman–Crippen LogP) is 3.97. The van der Waals surface area contributed by atoms with E-state index in [-0.39, 0.29) is 11.8 Å². The van der Waals surface area contributed by atoms with Gasteiger partial charge >= 0.3 is 0 Å². The van der Waals surface area contributed by atoms with E-state index in [1.54, 1.807) is 11.4 Å². The molecule has 0 aliphatic heterocycles. The molecule has 22 heavy (non-hydrogen) atoms. The van der Waals surface area contributed by atoms with Gasteiger partial charge in [0, 0.05) is 34.1 Å². The van der Waals surface area contributed by atoms with Crippen LogP contribution in [0.3, 0.4) is 0 Å². The Bertz CT molecular complexity index is 656. The number of rotatable bonds is 6. The van der Waals surface area contributed by atoms with Gasteiger partial charge in [0.05, 0.1) is 0 Å². The highest BCUT2D eigenvalue weighted by Crippen LogP contribution is 2.20. The van der Waals surface area contributed by atoms with Crippen LogP contribution in [-0.4, -0.2) is 18.4 Å². The van der Waals surface area contributed by atoms with Crippen LogP contribution in [0.5, 0.6) is 0 Å². The van der Waals surface area contributed by atoms with Crippen LogP contribution in [0.1, 0.15) is 28.8 Å². The summed E-state index contributed by atoms with van der Waals surface area (Å²) < 4.78 is 1.02. The van der Waals surface area contributed by atoms with Crippen LogP contribution in [-0.2, 0) is 4.79 Å². The largest absolute Gasteiger partial charge is 0.352 e. The number of thiophene rings is 1. The molecule has 2 N–H and O–H groups in total. The number of halogens is 1. The molecule has 0 saturated carbocycles. The number of aryl methyl sites for hydroxylation is 1. The van der Waals surface area contributed by atoms with Crippen molar-refractivity contribution in [2.24, 2.45) is 0 Å². The van der Waals surface area contributed by atoms with Gasteiger partial charge in [0.15, 0.2) is 0 Å². The molecule has 0 radical (unpaired) electrons. The van der Waals surface area contributed by atoms with E-state index >= 15 is 0 Å². The van der Waals surface area contributed by atoms with Gasteiger partial charge in [-0.2, -0.15) is 11.3 Å². The summed E-state index contributed by atoms with van der Waals surface area (Å²) in [5.41, 5.74) is 2.52. The van der Waals surface area contributed by atoms with Crippen LogP contribution in [0.2, 0.25) is 0 Å². The zero-order valence-corrected chi connectivity index (χ0v) is 14.6. The van der Waals surface area contributed by atoms with E-state index in [0.29, 0.717) is 24.9 Å². The summed E-state index contributed by atoms with van der Waals surface area (Å²) in [7, 11) is 0. The zero-order chi connectivity index (χ0) is 15.9. The smallest absolute Gasteiger partial charge is 0.252 e. The second-order valence-corrected chi connectivity index (χ2v) is 6.52. The number of carbonyl (C=O) groups is 2. The van der Waals surface area contributed by atoms with E-state index in [0.717, 1.165) is 15.7 Å². The van der Waals surface area contributed by atoms with Crippen LogP contribution in [0, 0.1) is 6.92 Å². The summed E-state index contributed by atoms with van der Waals surface area (Å²) in [4.78, 5) is 23.5. The van der Waals surface area contributed by atoms with Crippen molar-refractivity contribution < 1.29 is 9.59 Å². The van der Waals surface area contributed by atoms with E-state index < -0.39 is 0 Å². The molecule has 0 bridgehead atoms. The number of hydrogen-bond acceptors (Lipinski definition) is 3. The molecule has 0 saturated heterocycles. The Labute approximate surface area is 142 Å². The Balaban J connectivity index is 1.69. The lowest BCUT2D eigenvalue weighted by molar-refractivity contribution is -0.116. The minimum absolute atomic E-state index is 0.0495. The topological polar surface area (TPSA) is 58.2 Å². The van der Waals surface area contributed by atoms with E-state index in [1.807, 2.05) is 30.5 Å². The van der Waals surface area contributed by atoms with Gasteiger partial charge in [0.2, 0.25) is 5.91 Å². The monoisotopic (exact) mass is 380 g/mol. The third-order valence-electron chi connectivity index (χ3n) is 3.09. The average molecular weight is 381 g/mol. The van der Waals surface area contributed by atoms with Crippen molar-refractivity contribution in [3.8, 4) is 0 Å². The van der Waals surface area contributed by atoms with Gasteiger partial charge in [-0.25, -0.2) is 0 Å². The summed E-state index contributed by atoms with van der Waals surface area (Å²) in [6.45, 7) is 2.46. The Morgan fingerprint density at radius 3 is 2.77 bits per heavy atom. The van der Waals surface area contributed by atoms with E-state index in [4.69, 9.17) is 0 Å². The van der Waals surface area contributed by atoms with E-state index in [9.17, 15) is 9.59 Å². The van der Waals surface area contributed by atoms with Crippen molar-refractivity contribution in [3.05, 3.63) is 50.6 Å². The molecule has 0 aliphatic carbocycles. The summed E-state index contributed by atoms with van der Waals surface area (Å²) >= 11 is 4.91. The Hall–Kier alpha value is -1.66. The van der Waals surface area contributed by atoms with Crippen LogP contribution >= 0.6 is 27.3 Å². The van der Waals surface area contributed by atoms with Gasteiger partial charge in [0.25, 0.3) is 5.91 Å². The highest BCUT2D eigenvalue weighted by atomic mass is 79.9. The molecule has 0 aliphatic rings. The minimum Gasteiger partial charge on any atom is -0.352 e. The number of benzene rings is 1. The van der Waals surface area contributed by atoms with Gasteiger partial charge in [-0.15, -0.1) is 0 Å². The lowest BCUT2D eigenvalue weighted by atomic mass is 10.2. The van der Waals surface area contributed by atoms with Gasteiger partial charge in [0.1, 0.15) is 0 Å². The maximum atomic E-state index is 11.8. The Morgan fingerprint density at radius 1 is 1.27 bits per heavy atom. The van der Waals surface area contributed by atoms with Gasteiger partial charge in [-0.3, -0.25) is 9.59 Å². The maximum Gasteiger partial charge on any atom is 0.252 e. The van der Waals surface area contributed by atoms with Crippen LogP contribution < -0.4 is 10.6 Å². The normalized spacial score (nSPS) is 10.3. The van der Waals surface area contributed by atoms with Crippen LogP contribution in [0.4, 0.5) is 5.69 Å². The van der Waals surface area contributed by atoms with Crippen molar-refractivity contribution in [2.45, 2.75) is 19.8 Å². The number of hydrogen-bond donors (Lipinski definition) is 2. The summed E-state index contributed by atoms with van der Waals surface area (Å²) in [5, 5.41) is 9.32. The second kappa shape index (κ2) is 8.10. The predicted molar refractivity (Wildman–Crippen MR) is 93.4 cm³/mol. The van der Waals surface area contributed by atoms with Gasteiger partial charge < -0.3 is 10.6 Å². The molecule has 0 unspecified atom stereocenters. The van der Waals surface area contributed by atoms with Crippen molar-refractivity contribution in [2.75, 3.05) is 11.9 Å². The first kappa shape index (κ1) is 16.7. The fourth-order valence-electron chi connectivity index (χ4n) is 1.89. The quantitative estimate of drug-likeness (QED) is 0.744. The van der Waals surface area contributed by atoms with Crippen molar-refractivity contribution >= 4 is 44.8 Å². The fraction of sp³-hybridized carbons (Fsp3) is 0.250. The molecule has 0 atom stereocenters. The van der Waals surface area contributed by atoms with Crippen LogP contribution in [0.25, 0.3) is 0 Å². The third kappa shape index (κ3) is 4.96. The first-order valence-corrected chi connectivity index (χ1v) is 8.66. The minimum atomic E-state index is -0.0924. The summed E-state index contributed by atoms with van der Waals surface area (Å²) in [6, 6.07) is 7.46. The Kier molecular flexibility index (Phi) is 6.15. The molecule has 1 aromatic heterocycles. The SMILES string of the molecule is Cc1cc(NC(=O)CCCNC(=O)c2ccsc2)ccc1Br. The molecular formula is C16H17BrN2O2S. The molecule has 4 nitrogen and oxygen atoms in total. The number of amides is 2. The molecule has 1 aromatic carbocycles. The van der Waals surface area contributed by atoms with E-state index in [2.05, 4.69) is 26.6 Å². The van der Waals surface area contributed by atoms with Crippen LogP contribution in [0.15, 0.2) is 39.5 Å². The first-order valence-electron chi connectivity index (χ1n) is 6.92. The molecule has 2 rings (SSSR count). The lowest BCUT2D eigenvalue weighted by Gasteiger charge is -2.07.